The van der Waals surface area contributed by atoms with E-state index in [2.05, 4.69) is 9.89 Å². The quantitative estimate of drug-likeness (QED) is 0.711. The minimum atomic E-state index is -0.407. The first-order valence-electron chi connectivity index (χ1n) is 6.33. The lowest BCUT2D eigenvalue weighted by Crippen LogP contribution is -2.37. The summed E-state index contributed by atoms with van der Waals surface area (Å²) in [5.41, 5.74) is 1.88. The van der Waals surface area contributed by atoms with Crippen molar-refractivity contribution in [3.05, 3.63) is 17.0 Å². The van der Waals surface area contributed by atoms with Gasteiger partial charge in [0.05, 0.1) is 18.6 Å². The van der Waals surface area contributed by atoms with Crippen molar-refractivity contribution < 1.29 is 18.8 Å². The van der Waals surface area contributed by atoms with E-state index < -0.39 is 5.97 Å². The van der Waals surface area contributed by atoms with E-state index in [1.165, 1.54) is 23.8 Å². The lowest BCUT2D eigenvalue weighted by Gasteiger charge is -2.19. The van der Waals surface area contributed by atoms with Gasteiger partial charge in [0, 0.05) is 17.9 Å². The van der Waals surface area contributed by atoms with E-state index in [0.717, 1.165) is 17.0 Å². The van der Waals surface area contributed by atoms with E-state index in [9.17, 15) is 9.59 Å². The van der Waals surface area contributed by atoms with Gasteiger partial charge in [-0.1, -0.05) is 5.16 Å². The number of likely N-dealkylation sites (N-methyl/N-ethyl adjacent to an activating group) is 1. The molecule has 1 aromatic rings. The van der Waals surface area contributed by atoms with Gasteiger partial charge in [-0.15, -0.1) is 11.8 Å². The van der Waals surface area contributed by atoms with Crippen LogP contribution in [0.25, 0.3) is 0 Å². The topological polar surface area (TPSA) is 72.6 Å². The maximum atomic E-state index is 12.0. The molecule has 1 heterocycles. The van der Waals surface area contributed by atoms with Crippen molar-refractivity contribution in [1.82, 2.24) is 10.1 Å². The molecule has 0 bridgehead atoms. The number of ether oxygens (including phenoxy) is 1. The fourth-order valence-electron chi connectivity index (χ4n) is 1.64. The molecule has 7 heteroatoms. The number of methoxy groups -OCH3 is 1. The second kappa shape index (κ2) is 7.94. The Morgan fingerprint density at radius 1 is 1.40 bits per heavy atom. The van der Waals surface area contributed by atoms with Gasteiger partial charge in [-0.25, -0.2) is 0 Å². The van der Waals surface area contributed by atoms with Crippen LogP contribution in [0, 0.1) is 13.8 Å². The van der Waals surface area contributed by atoms with Crippen molar-refractivity contribution in [2.75, 3.05) is 26.0 Å². The first-order chi connectivity index (χ1) is 9.49. The van der Waals surface area contributed by atoms with Crippen molar-refractivity contribution in [2.24, 2.45) is 0 Å². The Morgan fingerprint density at radius 3 is 2.60 bits per heavy atom. The molecule has 0 radical (unpaired) electrons. The van der Waals surface area contributed by atoms with Crippen LogP contribution in [-0.4, -0.2) is 47.9 Å². The molecule has 1 aromatic heterocycles. The SMILES string of the molecule is CCN(CC(=O)OC)C(=O)CSCc1c(C)noc1C. The summed E-state index contributed by atoms with van der Waals surface area (Å²) in [5, 5.41) is 3.87. The van der Waals surface area contributed by atoms with Crippen molar-refractivity contribution in [3.8, 4) is 0 Å². The molecule has 0 aliphatic rings. The Kier molecular flexibility index (Phi) is 6.57. The molecular formula is C13H20N2O4S. The molecule has 0 aliphatic heterocycles. The number of aryl methyl sites for hydroxylation is 2. The number of aromatic nitrogens is 1. The molecule has 0 fully saturated rings. The summed E-state index contributed by atoms with van der Waals surface area (Å²) in [6, 6.07) is 0. The fourth-order valence-corrected chi connectivity index (χ4v) is 2.71. The fraction of sp³-hybridized carbons (Fsp3) is 0.615. The second-order valence-corrected chi connectivity index (χ2v) is 5.27. The highest BCUT2D eigenvalue weighted by Crippen LogP contribution is 2.19. The van der Waals surface area contributed by atoms with Gasteiger partial charge in [0.1, 0.15) is 12.3 Å². The number of thioether (sulfide) groups is 1. The standard InChI is InChI=1S/C13H20N2O4S/c1-5-15(6-13(17)18-4)12(16)8-20-7-11-9(2)14-19-10(11)3/h5-8H2,1-4H3. The van der Waals surface area contributed by atoms with E-state index in [1.807, 2.05) is 20.8 Å². The minimum Gasteiger partial charge on any atom is -0.468 e. The molecule has 20 heavy (non-hydrogen) atoms. The third-order valence-corrected chi connectivity index (χ3v) is 3.88. The Morgan fingerprint density at radius 2 is 2.10 bits per heavy atom. The lowest BCUT2D eigenvalue weighted by molar-refractivity contribution is -0.146. The third-order valence-electron chi connectivity index (χ3n) is 2.94. The summed E-state index contributed by atoms with van der Waals surface area (Å²) in [7, 11) is 1.31. The first kappa shape index (κ1) is 16.6. The zero-order chi connectivity index (χ0) is 15.1. The van der Waals surface area contributed by atoms with E-state index >= 15 is 0 Å². The van der Waals surface area contributed by atoms with Gasteiger partial charge in [-0.3, -0.25) is 9.59 Å². The molecule has 1 rings (SSSR count). The van der Waals surface area contributed by atoms with Crippen molar-refractivity contribution in [3.63, 3.8) is 0 Å². The third kappa shape index (κ3) is 4.56. The Bertz CT molecular complexity index is 453. The van der Waals surface area contributed by atoms with Crippen LogP contribution >= 0.6 is 11.8 Å². The van der Waals surface area contributed by atoms with Gasteiger partial charge in [0.15, 0.2) is 0 Å². The molecule has 0 unspecified atom stereocenters. The highest BCUT2D eigenvalue weighted by molar-refractivity contribution is 7.99. The average molecular weight is 300 g/mol. The predicted molar refractivity (Wildman–Crippen MR) is 76.4 cm³/mol. The lowest BCUT2D eigenvalue weighted by atomic mass is 10.2. The number of carbonyl (C=O) groups is 2. The van der Waals surface area contributed by atoms with E-state index in [0.29, 0.717) is 18.1 Å². The molecule has 1 amide bonds. The summed E-state index contributed by atoms with van der Waals surface area (Å²) in [5.74, 6) is 1.28. The van der Waals surface area contributed by atoms with Crippen molar-refractivity contribution >= 4 is 23.6 Å². The van der Waals surface area contributed by atoms with Crippen LogP contribution in [0.3, 0.4) is 0 Å². The summed E-state index contributed by atoms with van der Waals surface area (Å²) >= 11 is 1.48. The second-order valence-electron chi connectivity index (χ2n) is 4.28. The minimum absolute atomic E-state index is 0.00227. The van der Waals surface area contributed by atoms with Gasteiger partial charge >= 0.3 is 5.97 Å². The molecule has 0 aliphatic carbocycles. The number of nitrogens with zero attached hydrogens (tertiary/aromatic N) is 2. The summed E-state index contributed by atoms with van der Waals surface area (Å²) in [6.45, 7) is 6.05. The largest absolute Gasteiger partial charge is 0.468 e. The van der Waals surface area contributed by atoms with E-state index in [-0.39, 0.29) is 12.5 Å². The van der Waals surface area contributed by atoms with Crippen LogP contribution in [-0.2, 0) is 20.1 Å². The molecule has 6 nitrogen and oxygen atoms in total. The zero-order valence-electron chi connectivity index (χ0n) is 12.3. The van der Waals surface area contributed by atoms with Gasteiger partial charge < -0.3 is 14.2 Å². The number of amides is 1. The van der Waals surface area contributed by atoms with E-state index in [4.69, 9.17) is 4.52 Å². The smallest absolute Gasteiger partial charge is 0.325 e. The van der Waals surface area contributed by atoms with Crippen LogP contribution < -0.4 is 0 Å². The molecule has 0 atom stereocenters. The van der Waals surface area contributed by atoms with Crippen LogP contribution in [0.2, 0.25) is 0 Å². The Hall–Kier alpha value is -1.50. The number of hydrogen-bond acceptors (Lipinski definition) is 6. The van der Waals surface area contributed by atoms with Gasteiger partial charge in [-0.2, -0.15) is 0 Å². The summed E-state index contributed by atoms with van der Waals surface area (Å²) in [6.07, 6.45) is 0. The van der Waals surface area contributed by atoms with E-state index in [1.54, 1.807) is 0 Å². The van der Waals surface area contributed by atoms with Crippen LogP contribution in [0.15, 0.2) is 4.52 Å². The average Bonchev–Trinajstić information content (AvgIpc) is 2.75. The van der Waals surface area contributed by atoms with Gasteiger partial charge in [0.2, 0.25) is 5.91 Å². The number of carbonyl (C=O) groups excluding carboxylic acids is 2. The van der Waals surface area contributed by atoms with Crippen LogP contribution in [0.1, 0.15) is 23.9 Å². The normalized spacial score (nSPS) is 10.4. The summed E-state index contributed by atoms with van der Waals surface area (Å²) < 4.78 is 9.64. The summed E-state index contributed by atoms with van der Waals surface area (Å²) in [4.78, 5) is 24.7. The van der Waals surface area contributed by atoms with Gasteiger partial charge in [0.25, 0.3) is 0 Å². The van der Waals surface area contributed by atoms with Gasteiger partial charge in [-0.05, 0) is 20.8 Å². The van der Waals surface area contributed by atoms with Crippen molar-refractivity contribution in [2.45, 2.75) is 26.5 Å². The first-order valence-corrected chi connectivity index (χ1v) is 7.49. The molecule has 0 aromatic carbocycles. The monoisotopic (exact) mass is 300 g/mol. The molecule has 0 spiro atoms. The van der Waals surface area contributed by atoms with Crippen LogP contribution in [0.4, 0.5) is 0 Å². The molecular weight excluding hydrogens is 280 g/mol. The molecule has 0 saturated carbocycles. The zero-order valence-corrected chi connectivity index (χ0v) is 13.1. The maximum Gasteiger partial charge on any atom is 0.325 e. The molecule has 0 saturated heterocycles. The Balaban J connectivity index is 2.44. The molecule has 112 valence electrons. The maximum absolute atomic E-state index is 12.0. The molecule has 0 N–H and O–H groups in total. The van der Waals surface area contributed by atoms with Crippen molar-refractivity contribution in [1.29, 1.82) is 0 Å². The highest BCUT2D eigenvalue weighted by atomic mass is 32.2. The van der Waals surface area contributed by atoms with Crippen LogP contribution in [0.5, 0.6) is 0 Å². The highest BCUT2D eigenvalue weighted by Gasteiger charge is 2.16. The number of hydrogen-bond donors (Lipinski definition) is 0. The number of esters is 1. The number of rotatable bonds is 7. The Labute approximate surface area is 122 Å². The predicted octanol–water partition coefficient (Wildman–Crippen LogP) is 1.55.